The van der Waals surface area contributed by atoms with E-state index in [-0.39, 0.29) is 11.8 Å². The third-order valence-electron chi connectivity index (χ3n) is 5.05. The van der Waals surface area contributed by atoms with Crippen molar-refractivity contribution in [2.45, 2.75) is 37.8 Å². The molecule has 2 saturated heterocycles. The minimum Gasteiger partial charge on any atom is -0.381 e. The Morgan fingerprint density at radius 1 is 1.33 bits per heavy atom. The second kappa shape index (κ2) is 7.78. The molecule has 0 aliphatic carbocycles. The number of carbonyl (C=O) groups excluding carboxylic acids is 1. The summed E-state index contributed by atoms with van der Waals surface area (Å²) in [4.78, 5) is 15.0. The molecule has 2 aliphatic rings. The number of nitrogens with one attached hydrogen (secondary N) is 1. The highest BCUT2D eigenvalue weighted by Crippen LogP contribution is 2.23. The molecule has 24 heavy (non-hydrogen) atoms. The molecule has 1 amide bonds. The summed E-state index contributed by atoms with van der Waals surface area (Å²) in [6.07, 6.45) is 3.08. The number of nitrogens with zero attached hydrogens (tertiary/aromatic N) is 2. The smallest absolute Gasteiger partial charge is 0.225 e. The Morgan fingerprint density at radius 2 is 2.08 bits per heavy atom. The van der Waals surface area contributed by atoms with Crippen LogP contribution in [0.3, 0.4) is 0 Å². The van der Waals surface area contributed by atoms with Crippen LogP contribution in [-0.2, 0) is 16.1 Å². The molecule has 5 nitrogen and oxygen atoms in total. The summed E-state index contributed by atoms with van der Waals surface area (Å²) < 4.78 is 5.33. The molecule has 1 unspecified atom stereocenters. The Kier molecular flexibility index (Phi) is 5.49. The zero-order valence-electron chi connectivity index (χ0n) is 14.0. The van der Waals surface area contributed by atoms with Crippen molar-refractivity contribution in [1.29, 1.82) is 5.26 Å². The van der Waals surface area contributed by atoms with Gasteiger partial charge in [-0.25, -0.2) is 0 Å². The summed E-state index contributed by atoms with van der Waals surface area (Å²) in [7, 11) is 0. The van der Waals surface area contributed by atoms with Crippen LogP contribution in [0.25, 0.3) is 0 Å². The van der Waals surface area contributed by atoms with Crippen molar-refractivity contribution in [1.82, 2.24) is 10.2 Å². The number of benzene rings is 1. The number of hydrogen-bond donors (Lipinski definition) is 1. The quantitative estimate of drug-likeness (QED) is 0.919. The van der Waals surface area contributed by atoms with Gasteiger partial charge in [-0.3, -0.25) is 9.69 Å². The second-order valence-corrected chi connectivity index (χ2v) is 6.86. The van der Waals surface area contributed by atoms with Gasteiger partial charge in [0.25, 0.3) is 0 Å². The zero-order valence-corrected chi connectivity index (χ0v) is 14.0. The van der Waals surface area contributed by atoms with Crippen molar-refractivity contribution < 1.29 is 9.53 Å². The van der Waals surface area contributed by atoms with Crippen LogP contribution in [0.5, 0.6) is 0 Å². The average Bonchev–Trinajstić information content (AvgIpc) is 2.63. The fraction of sp³-hybridized carbons (Fsp3) is 0.579. The molecule has 5 heteroatoms. The maximum atomic E-state index is 12.7. The highest BCUT2D eigenvalue weighted by Gasteiger charge is 2.37. The molecular formula is C19H25N3O2. The van der Waals surface area contributed by atoms with Crippen LogP contribution in [0.15, 0.2) is 30.3 Å². The maximum Gasteiger partial charge on any atom is 0.225 e. The molecule has 1 atom stereocenters. The first kappa shape index (κ1) is 16.9. The summed E-state index contributed by atoms with van der Waals surface area (Å²) in [5, 5.41) is 12.5. The number of nitriles is 1. The fourth-order valence-corrected chi connectivity index (χ4v) is 3.58. The third-order valence-corrected chi connectivity index (χ3v) is 5.05. The Bertz CT molecular complexity index is 590. The average molecular weight is 327 g/mol. The van der Waals surface area contributed by atoms with E-state index in [4.69, 9.17) is 4.74 Å². The minimum atomic E-state index is -0.739. The monoisotopic (exact) mass is 327 g/mol. The van der Waals surface area contributed by atoms with Crippen LogP contribution in [-0.4, -0.2) is 42.6 Å². The van der Waals surface area contributed by atoms with Gasteiger partial charge in [-0.2, -0.15) is 5.26 Å². The van der Waals surface area contributed by atoms with E-state index in [1.165, 1.54) is 5.56 Å². The number of amides is 1. The number of hydrogen-bond acceptors (Lipinski definition) is 4. The van der Waals surface area contributed by atoms with Crippen molar-refractivity contribution in [3.8, 4) is 6.07 Å². The molecule has 0 radical (unpaired) electrons. The lowest BCUT2D eigenvalue weighted by atomic mass is 9.89. The lowest BCUT2D eigenvalue weighted by Gasteiger charge is -2.36. The minimum absolute atomic E-state index is 0.0243. The summed E-state index contributed by atoms with van der Waals surface area (Å²) in [6.45, 7) is 3.74. The Balaban J connectivity index is 1.57. The van der Waals surface area contributed by atoms with Crippen LogP contribution in [0.1, 0.15) is 31.2 Å². The Morgan fingerprint density at radius 3 is 2.79 bits per heavy atom. The van der Waals surface area contributed by atoms with E-state index in [2.05, 4.69) is 28.4 Å². The SMILES string of the molecule is N#CC1(NC(=O)C2CCCN(Cc3ccccc3)C2)CCOCC1. The highest BCUT2D eigenvalue weighted by molar-refractivity contribution is 5.80. The van der Waals surface area contributed by atoms with Crippen molar-refractivity contribution in [3.63, 3.8) is 0 Å². The molecule has 2 heterocycles. The third kappa shape index (κ3) is 4.14. The molecule has 1 N–H and O–H groups in total. The molecule has 2 fully saturated rings. The van der Waals surface area contributed by atoms with Crippen molar-refractivity contribution in [3.05, 3.63) is 35.9 Å². The second-order valence-electron chi connectivity index (χ2n) is 6.86. The van der Waals surface area contributed by atoms with E-state index >= 15 is 0 Å². The van der Waals surface area contributed by atoms with Crippen LogP contribution in [0, 0.1) is 17.2 Å². The van der Waals surface area contributed by atoms with Gasteiger partial charge in [0.05, 0.1) is 12.0 Å². The molecule has 2 aliphatic heterocycles. The maximum absolute atomic E-state index is 12.7. The molecule has 0 bridgehead atoms. The Labute approximate surface area is 143 Å². The molecule has 3 rings (SSSR count). The van der Waals surface area contributed by atoms with Gasteiger partial charge in [0.1, 0.15) is 5.54 Å². The van der Waals surface area contributed by atoms with E-state index in [9.17, 15) is 10.1 Å². The number of ether oxygens (including phenoxy) is 1. The van der Waals surface area contributed by atoms with Gasteiger partial charge in [0, 0.05) is 39.1 Å². The first-order valence-electron chi connectivity index (χ1n) is 8.78. The van der Waals surface area contributed by atoms with Gasteiger partial charge in [0.15, 0.2) is 0 Å². The normalized spacial score (nSPS) is 24.0. The first-order chi connectivity index (χ1) is 11.7. The summed E-state index contributed by atoms with van der Waals surface area (Å²) in [5.74, 6) is -0.00764. The van der Waals surface area contributed by atoms with E-state index in [0.29, 0.717) is 26.1 Å². The summed E-state index contributed by atoms with van der Waals surface area (Å²) in [5.41, 5.74) is 0.535. The first-order valence-corrected chi connectivity index (χ1v) is 8.78. The highest BCUT2D eigenvalue weighted by atomic mass is 16.5. The molecule has 0 saturated carbocycles. The van der Waals surface area contributed by atoms with Gasteiger partial charge in [0.2, 0.25) is 5.91 Å². The topological polar surface area (TPSA) is 65.4 Å². The van der Waals surface area contributed by atoms with Crippen molar-refractivity contribution >= 4 is 5.91 Å². The van der Waals surface area contributed by atoms with Gasteiger partial charge in [-0.15, -0.1) is 0 Å². The van der Waals surface area contributed by atoms with Gasteiger partial charge in [-0.05, 0) is 24.9 Å². The van der Waals surface area contributed by atoms with Crippen LogP contribution < -0.4 is 5.32 Å². The van der Waals surface area contributed by atoms with E-state index in [1.54, 1.807) is 0 Å². The molecule has 128 valence electrons. The fourth-order valence-electron chi connectivity index (χ4n) is 3.58. The van der Waals surface area contributed by atoms with Gasteiger partial charge < -0.3 is 10.1 Å². The van der Waals surface area contributed by atoms with Crippen LogP contribution >= 0.6 is 0 Å². The zero-order chi connectivity index (χ0) is 16.8. The summed E-state index contributed by atoms with van der Waals surface area (Å²) in [6, 6.07) is 12.7. The molecule has 1 aromatic rings. The Hall–Kier alpha value is -1.90. The van der Waals surface area contributed by atoms with Crippen LogP contribution in [0.4, 0.5) is 0 Å². The number of piperidine rings is 1. The van der Waals surface area contributed by atoms with Crippen LogP contribution in [0.2, 0.25) is 0 Å². The van der Waals surface area contributed by atoms with Crippen molar-refractivity contribution in [2.75, 3.05) is 26.3 Å². The molecular weight excluding hydrogens is 302 g/mol. The number of rotatable bonds is 4. The number of likely N-dealkylation sites (tertiary alicyclic amines) is 1. The van der Waals surface area contributed by atoms with Gasteiger partial charge >= 0.3 is 0 Å². The van der Waals surface area contributed by atoms with Gasteiger partial charge in [-0.1, -0.05) is 30.3 Å². The van der Waals surface area contributed by atoms with E-state index in [0.717, 1.165) is 32.5 Å². The lowest BCUT2D eigenvalue weighted by Crippen LogP contribution is -2.54. The largest absolute Gasteiger partial charge is 0.381 e. The number of carbonyl (C=O) groups is 1. The van der Waals surface area contributed by atoms with Crippen molar-refractivity contribution in [2.24, 2.45) is 5.92 Å². The summed E-state index contributed by atoms with van der Waals surface area (Å²) >= 11 is 0. The molecule has 0 spiro atoms. The van der Waals surface area contributed by atoms with E-state index in [1.807, 2.05) is 18.2 Å². The standard InChI is InChI=1S/C19H25N3O2/c20-15-19(8-11-24-12-9-19)21-18(23)17-7-4-10-22(14-17)13-16-5-2-1-3-6-16/h1-3,5-6,17H,4,7-14H2,(H,21,23). The van der Waals surface area contributed by atoms with E-state index < -0.39 is 5.54 Å². The molecule has 0 aromatic heterocycles. The predicted molar refractivity (Wildman–Crippen MR) is 91.0 cm³/mol. The lowest BCUT2D eigenvalue weighted by molar-refractivity contribution is -0.129. The predicted octanol–water partition coefficient (Wildman–Crippen LogP) is 2.09. The molecule has 1 aromatic carbocycles.